The van der Waals surface area contributed by atoms with Crippen molar-refractivity contribution in [2.24, 2.45) is 0 Å². The van der Waals surface area contributed by atoms with Crippen LogP contribution in [0.4, 0.5) is 11.5 Å². The number of fused-ring (bicyclic) bond motifs is 1. The number of morpholine rings is 1. The van der Waals surface area contributed by atoms with Crippen LogP contribution in [0.25, 0.3) is 22.3 Å². The van der Waals surface area contributed by atoms with Gasteiger partial charge in [-0.1, -0.05) is 12.1 Å². The fourth-order valence-corrected chi connectivity index (χ4v) is 4.42. The molecular formula is C24H33N7O2S. The molecule has 0 spiro atoms. The fraction of sp³-hybridized carbons (Fsp3) is 0.458. The highest BCUT2D eigenvalue weighted by Crippen LogP contribution is 2.27. The number of β-amino-alcohol motifs (C(OH)–C–C–N with tert-alkyl or cyclic N) is 1. The number of hydrogen-bond donors (Lipinski definition) is 3. The summed E-state index contributed by atoms with van der Waals surface area (Å²) in [6, 6.07) is 10.6. The molecule has 3 N–H and O–H groups in total. The van der Waals surface area contributed by atoms with Crippen LogP contribution in [0, 0.1) is 0 Å². The van der Waals surface area contributed by atoms with Crippen LogP contribution in [-0.4, -0.2) is 96.6 Å². The Hall–Kier alpha value is -2.50. The van der Waals surface area contributed by atoms with Gasteiger partial charge in [0.05, 0.1) is 30.5 Å². The molecule has 0 saturated carbocycles. The minimum Gasteiger partial charge on any atom is -0.395 e. The quantitative estimate of drug-likeness (QED) is 0.460. The van der Waals surface area contributed by atoms with Gasteiger partial charge in [-0.25, -0.2) is 9.97 Å². The van der Waals surface area contributed by atoms with Crippen LogP contribution in [0.1, 0.15) is 0 Å². The monoisotopic (exact) mass is 483 g/mol. The van der Waals surface area contributed by atoms with Gasteiger partial charge in [0.15, 0.2) is 5.82 Å². The second kappa shape index (κ2) is 11.8. The molecular weight excluding hydrogens is 450 g/mol. The van der Waals surface area contributed by atoms with E-state index in [1.54, 1.807) is 12.4 Å². The highest BCUT2D eigenvalue weighted by atomic mass is 32.1. The molecule has 1 unspecified atom stereocenters. The zero-order chi connectivity index (χ0) is 22.5. The van der Waals surface area contributed by atoms with E-state index in [2.05, 4.69) is 54.7 Å². The van der Waals surface area contributed by atoms with Crippen LogP contribution in [0.3, 0.4) is 0 Å². The molecule has 0 amide bonds. The molecule has 10 heteroatoms. The summed E-state index contributed by atoms with van der Waals surface area (Å²) < 4.78 is 5.81. The SMILES string of the molecule is OCCN1CCN(c2ccc(-c3cc4nccnc4c(NCC4CNCCO4)n3)cc2)CC1.S. The van der Waals surface area contributed by atoms with Crippen molar-refractivity contribution in [3.63, 3.8) is 0 Å². The van der Waals surface area contributed by atoms with Gasteiger partial charge >= 0.3 is 0 Å². The molecule has 3 aromatic rings. The van der Waals surface area contributed by atoms with Gasteiger partial charge in [-0.2, -0.15) is 13.5 Å². The van der Waals surface area contributed by atoms with Crippen LogP contribution in [-0.2, 0) is 4.74 Å². The van der Waals surface area contributed by atoms with E-state index in [-0.39, 0.29) is 26.2 Å². The molecule has 0 radical (unpaired) electrons. The molecule has 2 aliphatic heterocycles. The number of piperazine rings is 1. The maximum absolute atomic E-state index is 9.14. The molecule has 2 saturated heterocycles. The second-order valence-corrected chi connectivity index (χ2v) is 8.46. The lowest BCUT2D eigenvalue weighted by atomic mass is 10.1. The first-order valence-electron chi connectivity index (χ1n) is 11.7. The van der Waals surface area contributed by atoms with Crippen molar-refractivity contribution in [3.8, 4) is 11.3 Å². The number of benzene rings is 1. The summed E-state index contributed by atoms with van der Waals surface area (Å²) in [4.78, 5) is 18.6. The van der Waals surface area contributed by atoms with Gasteiger partial charge in [-0.15, -0.1) is 0 Å². The Morgan fingerprint density at radius 3 is 2.62 bits per heavy atom. The molecule has 182 valence electrons. The van der Waals surface area contributed by atoms with Crippen molar-refractivity contribution in [1.82, 2.24) is 25.2 Å². The lowest BCUT2D eigenvalue weighted by molar-refractivity contribution is 0.0372. The van der Waals surface area contributed by atoms with Crippen molar-refractivity contribution in [2.75, 3.05) is 75.8 Å². The first-order valence-corrected chi connectivity index (χ1v) is 11.7. The highest BCUT2D eigenvalue weighted by molar-refractivity contribution is 7.59. The van der Waals surface area contributed by atoms with E-state index < -0.39 is 0 Å². The third-order valence-electron chi connectivity index (χ3n) is 6.27. The second-order valence-electron chi connectivity index (χ2n) is 8.46. The summed E-state index contributed by atoms with van der Waals surface area (Å²) in [5.41, 5.74) is 4.71. The number of aromatic nitrogens is 3. The zero-order valence-corrected chi connectivity index (χ0v) is 20.3. The third-order valence-corrected chi connectivity index (χ3v) is 6.27. The number of hydrogen-bond acceptors (Lipinski definition) is 9. The molecule has 1 atom stereocenters. The molecule has 9 nitrogen and oxygen atoms in total. The van der Waals surface area contributed by atoms with Crippen LogP contribution in [0.5, 0.6) is 0 Å². The Labute approximate surface area is 207 Å². The molecule has 2 aromatic heterocycles. The highest BCUT2D eigenvalue weighted by Gasteiger charge is 2.18. The zero-order valence-electron chi connectivity index (χ0n) is 19.3. The fourth-order valence-electron chi connectivity index (χ4n) is 4.42. The molecule has 5 rings (SSSR count). The largest absolute Gasteiger partial charge is 0.395 e. The summed E-state index contributed by atoms with van der Waals surface area (Å²) in [5.74, 6) is 0.730. The number of aliphatic hydroxyl groups excluding tert-OH is 1. The number of pyridine rings is 1. The lowest BCUT2D eigenvalue weighted by Gasteiger charge is -2.35. The van der Waals surface area contributed by atoms with Crippen LogP contribution < -0.4 is 15.5 Å². The van der Waals surface area contributed by atoms with Crippen molar-refractivity contribution >= 4 is 36.0 Å². The van der Waals surface area contributed by atoms with Crippen LogP contribution >= 0.6 is 13.5 Å². The van der Waals surface area contributed by atoms with Crippen LogP contribution in [0.15, 0.2) is 42.7 Å². The smallest absolute Gasteiger partial charge is 0.154 e. The summed E-state index contributed by atoms with van der Waals surface area (Å²) in [6.07, 6.45) is 3.51. The predicted octanol–water partition coefficient (Wildman–Crippen LogP) is 1.32. The number of anilines is 2. The van der Waals surface area contributed by atoms with Crippen molar-refractivity contribution in [1.29, 1.82) is 0 Å². The van der Waals surface area contributed by atoms with E-state index >= 15 is 0 Å². The van der Waals surface area contributed by atoms with Crippen molar-refractivity contribution in [3.05, 3.63) is 42.7 Å². The normalized spacial score (nSPS) is 19.1. The van der Waals surface area contributed by atoms with Gasteiger partial charge in [-0.3, -0.25) is 9.88 Å². The Morgan fingerprint density at radius 1 is 1.09 bits per heavy atom. The van der Waals surface area contributed by atoms with Gasteiger partial charge in [0.25, 0.3) is 0 Å². The topological polar surface area (TPSA) is 98.7 Å². The van der Waals surface area contributed by atoms with Crippen molar-refractivity contribution < 1.29 is 9.84 Å². The standard InChI is InChI=1S/C24H31N7O2.H2S/c32-13-12-30-8-10-31(11-9-30)19-3-1-18(2-4-19)21-15-22-23(27-6-5-26-22)24(29-21)28-17-20-16-25-7-14-33-20;/h1-6,15,20,25,32H,7-14,16-17H2,(H,28,29);1H2. The molecule has 34 heavy (non-hydrogen) atoms. The van der Waals surface area contributed by atoms with Gasteiger partial charge in [0.1, 0.15) is 5.52 Å². The first kappa shape index (κ1) is 24.6. The Kier molecular flexibility index (Phi) is 8.52. The Bertz CT molecular complexity index is 1050. The van der Waals surface area contributed by atoms with Crippen molar-refractivity contribution in [2.45, 2.75) is 6.10 Å². The maximum atomic E-state index is 9.14. The van der Waals surface area contributed by atoms with E-state index in [1.165, 1.54) is 5.69 Å². The minimum atomic E-state index is 0. The molecule has 0 aliphatic carbocycles. The van der Waals surface area contributed by atoms with Gasteiger partial charge < -0.3 is 25.4 Å². The third kappa shape index (κ3) is 5.76. The average Bonchev–Trinajstić information content (AvgIpc) is 2.88. The summed E-state index contributed by atoms with van der Waals surface area (Å²) in [7, 11) is 0. The van der Waals surface area contributed by atoms with E-state index in [4.69, 9.17) is 14.8 Å². The average molecular weight is 484 g/mol. The van der Waals surface area contributed by atoms with Gasteiger partial charge in [-0.05, 0) is 18.2 Å². The molecule has 0 bridgehead atoms. The molecule has 4 heterocycles. The summed E-state index contributed by atoms with van der Waals surface area (Å²) in [5, 5.41) is 15.9. The number of nitrogens with one attached hydrogen (secondary N) is 2. The number of aliphatic hydroxyl groups is 1. The lowest BCUT2D eigenvalue weighted by Crippen LogP contribution is -2.47. The Morgan fingerprint density at radius 2 is 1.88 bits per heavy atom. The predicted molar refractivity (Wildman–Crippen MR) is 140 cm³/mol. The molecule has 2 aliphatic rings. The maximum Gasteiger partial charge on any atom is 0.154 e. The van der Waals surface area contributed by atoms with Crippen LogP contribution in [0.2, 0.25) is 0 Å². The molecule has 2 fully saturated rings. The summed E-state index contributed by atoms with van der Waals surface area (Å²) in [6.45, 7) is 7.97. The van der Waals surface area contributed by atoms with E-state index in [1.807, 2.05) is 6.07 Å². The number of ether oxygens (including phenoxy) is 1. The molecule has 1 aromatic carbocycles. The number of nitrogens with zero attached hydrogens (tertiary/aromatic N) is 5. The van der Waals surface area contributed by atoms with E-state index in [0.29, 0.717) is 6.54 Å². The minimum absolute atomic E-state index is 0. The number of rotatable bonds is 7. The van der Waals surface area contributed by atoms with Gasteiger partial charge in [0, 0.05) is 76.0 Å². The first-order chi connectivity index (χ1) is 16.3. The van der Waals surface area contributed by atoms with E-state index in [9.17, 15) is 0 Å². The van der Waals surface area contributed by atoms with E-state index in [0.717, 1.165) is 80.5 Å². The summed E-state index contributed by atoms with van der Waals surface area (Å²) >= 11 is 0. The Balaban J connectivity index is 0.00000274. The van der Waals surface area contributed by atoms with Gasteiger partial charge in [0.2, 0.25) is 0 Å².